The summed E-state index contributed by atoms with van der Waals surface area (Å²) < 4.78 is 10.5. The first kappa shape index (κ1) is 13.9. The highest BCUT2D eigenvalue weighted by molar-refractivity contribution is 8.00. The number of ether oxygens (including phenoxy) is 2. The SMILES string of the molecule is COc1cc2c(cc1OC)C(=O)C(Sc1n[nH]c(C)n1)C2. The smallest absolute Gasteiger partial charge is 0.209 e. The predicted octanol–water partition coefficient (Wildman–Crippen LogP) is 2.03. The Hall–Kier alpha value is -2.02. The lowest BCUT2D eigenvalue weighted by molar-refractivity contribution is 0.1000. The number of methoxy groups -OCH3 is 2. The Morgan fingerprint density at radius 2 is 2.00 bits per heavy atom. The van der Waals surface area contributed by atoms with Gasteiger partial charge in [0.2, 0.25) is 5.16 Å². The summed E-state index contributed by atoms with van der Waals surface area (Å²) in [7, 11) is 3.15. The van der Waals surface area contributed by atoms with Crippen molar-refractivity contribution in [3.05, 3.63) is 29.1 Å². The van der Waals surface area contributed by atoms with E-state index in [4.69, 9.17) is 9.47 Å². The molecule has 1 N–H and O–H groups in total. The number of benzene rings is 1. The van der Waals surface area contributed by atoms with Crippen molar-refractivity contribution >= 4 is 17.5 Å². The molecule has 0 spiro atoms. The fourth-order valence-corrected chi connectivity index (χ4v) is 3.42. The van der Waals surface area contributed by atoms with Gasteiger partial charge in [-0.3, -0.25) is 9.89 Å². The molecule has 0 bridgehead atoms. The van der Waals surface area contributed by atoms with Crippen molar-refractivity contribution < 1.29 is 14.3 Å². The summed E-state index contributed by atoms with van der Waals surface area (Å²) in [6.07, 6.45) is 0.646. The van der Waals surface area contributed by atoms with Gasteiger partial charge in [0.05, 0.1) is 19.5 Å². The summed E-state index contributed by atoms with van der Waals surface area (Å²) in [6.45, 7) is 1.83. The zero-order valence-corrected chi connectivity index (χ0v) is 12.8. The van der Waals surface area contributed by atoms with E-state index in [1.807, 2.05) is 13.0 Å². The highest BCUT2D eigenvalue weighted by Crippen LogP contribution is 2.39. The Kier molecular flexibility index (Phi) is 3.59. The molecule has 6 nitrogen and oxygen atoms in total. The van der Waals surface area contributed by atoms with Crippen LogP contribution in [0, 0.1) is 6.92 Å². The lowest BCUT2D eigenvalue weighted by atomic mass is 10.1. The van der Waals surface area contributed by atoms with Crippen LogP contribution in [0.2, 0.25) is 0 Å². The molecule has 1 atom stereocenters. The highest BCUT2D eigenvalue weighted by Gasteiger charge is 2.33. The maximum absolute atomic E-state index is 12.5. The van der Waals surface area contributed by atoms with Gasteiger partial charge in [0.25, 0.3) is 0 Å². The number of aromatic amines is 1. The van der Waals surface area contributed by atoms with Gasteiger partial charge >= 0.3 is 0 Å². The van der Waals surface area contributed by atoms with Crippen LogP contribution in [0.1, 0.15) is 21.7 Å². The fourth-order valence-electron chi connectivity index (χ4n) is 2.38. The molecule has 1 aliphatic carbocycles. The van der Waals surface area contributed by atoms with E-state index in [1.54, 1.807) is 20.3 Å². The predicted molar refractivity (Wildman–Crippen MR) is 78.3 cm³/mol. The Morgan fingerprint density at radius 3 is 2.62 bits per heavy atom. The largest absolute Gasteiger partial charge is 0.493 e. The molecule has 1 heterocycles. The van der Waals surface area contributed by atoms with E-state index in [0.29, 0.717) is 28.6 Å². The number of nitrogens with one attached hydrogen (secondary N) is 1. The molecule has 3 rings (SSSR count). The molecule has 110 valence electrons. The average molecular weight is 305 g/mol. The van der Waals surface area contributed by atoms with Gasteiger partial charge in [-0.25, -0.2) is 4.98 Å². The van der Waals surface area contributed by atoms with E-state index >= 15 is 0 Å². The Labute approximate surface area is 126 Å². The molecule has 2 aromatic rings. The van der Waals surface area contributed by atoms with E-state index in [1.165, 1.54) is 11.8 Å². The molecule has 0 amide bonds. The van der Waals surface area contributed by atoms with Crippen LogP contribution in [0.25, 0.3) is 0 Å². The Bertz CT molecular complexity index is 699. The molecule has 1 aromatic carbocycles. The number of hydrogen-bond donors (Lipinski definition) is 1. The third kappa shape index (κ3) is 2.49. The van der Waals surface area contributed by atoms with Gasteiger partial charge in [-0.15, -0.1) is 5.10 Å². The molecule has 0 radical (unpaired) electrons. The van der Waals surface area contributed by atoms with Crippen LogP contribution in [0.5, 0.6) is 11.5 Å². The van der Waals surface area contributed by atoms with E-state index in [2.05, 4.69) is 15.2 Å². The number of Topliss-reactive ketones (excluding diaryl/α,β-unsaturated/α-hetero) is 1. The number of carbonyl (C=O) groups is 1. The molecular formula is C14H15N3O3S. The third-order valence-corrected chi connectivity index (χ3v) is 4.46. The topological polar surface area (TPSA) is 77.1 Å². The Morgan fingerprint density at radius 1 is 1.29 bits per heavy atom. The van der Waals surface area contributed by atoms with Crippen molar-refractivity contribution in [1.82, 2.24) is 15.2 Å². The zero-order valence-electron chi connectivity index (χ0n) is 12.0. The summed E-state index contributed by atoms with van der Waals surface area (Å²) in [5, 5.41) is 7.24. The van der Waals surface area contributed by atoms with Crippen molar-refractivity contribution in [2.24, 2.45) is 0 Å². The number of fused-ring (bicyclic) bond motifs is 1. The fraction of sp³-hybridized carbons (Fsp3) is 0.357. The number of rotatable bonds is 4. The summed E-state index contributed by atoms with van der Waals surface area (Å²) in [4.78, 5) is 16.7. The maximum atomic E-state index is 12.5. The number of hydrogen-bond acceptors (Lipinski definition) is 6. The summed E-state index contributed by atoms with van der Waals surface area (Å²) in [6, 6.07) is 3.62. The third-order valence-electron chi connectivity index (χ3n) is 3.40. The van der Waals surface area contributed by atoms with Crippen LogP contribution >= 0.6 is 11.8 Å². The molecular weight excluding hydrogens is 290 g/mol. The summed E-state index contributed by atoms with van der Waals surface area (Å²) >= 11 is 1.38. The number of H-pyrrole nitrogens is 1. The zero-order chi connectivity index (χ0) is 15.0. The van der Waals surface area contributed by atoms with Gasteiger partial charge in [-0.2, -0.15) is 0 Å². The normalized spacial score (nSPS) is 16.9. The second kappa shape index (κ2) is 5.40. The monoisotopic (exact) mass is 305 g/mol. The quantitative estimate of drug-likeness (QED) is 0.931. The first-order chi connectivity index (χ1) is 10.1. The number of thioether (sulfide) groups is 1. The van der Waals surface area contributed by atoms with Crippen molar-refractivity contribution in [2.45, 2.75) is 23.8 Å². The van der Waals surface area contributed by atoms with Crippen molar-refractivity contribution in [3.63, 3.8) is 0 Å². The van der Waals surface area contributed by atoms with Gasteiger partial charge in [-0.1, -0.05) is 11.8 Å². The number of carbonyl (C=O) groups excluding carboxylic acids is 1. The van der Waals surface area contributed by atoms with E-state index < -0.39 is 0 Å². The second-order valence-corrected chi connectivity index (χ2v) is 5.91. The number of ketones is 1. The van der Waals surface area contributed by atoms with Gasteiger partial charge in [0, 0.05) is 5.56 Å². The minimum Gasteiger partial charge on any atom is -0.493 e. The first-order valence-electron chi connectivity index (χ1n) is 6.47. The Balaban J connectivity index is 1.87. The lowest BCUT2D eigenvalue weighted by Crippen LogP contribution is -2.11. The molecule has 0 fully saturated rings. The van der Waals surface area contributed by atoms with Crippen LogP contribution in [-0.4, -0.2) is 40.4 Å². The van der Waals surface area contributed by atoms with Gasteiger partial charge < -0.3 is 9.47 Å². The summed E-state index contributed by atoms with van der Waals surface area (Å²) in [5.41, 5.74) is 1.67. The van der Waals surface area contributed by atoms with Crippen LogP contribution in [0.15, 0.2) is 17.3 Å². The minimum atomic E-state index is -0.202. The highest BCUT2D eigenvalue weighted by atomic mass is 32.2. The van der Waals surface area contributed by atoms with Gasteiger partial charge in [0.15, 0.2) is 17.3 Å². The summed E-state index contributed by atoms with van der Waals surface area (Å²) in [5.74, 6) is 2.04. The molecule has 0 aliphatic heterocycles. The van der Waals surface area contributed by atoms with E-state index in [0.717, 1.165) is 11.4 Å². The van der Waals surface area contributed by atoms with Crippen LogP contribution < -0.4 is 9.47 Å². The lowest BCUT2D eigenvalue weighted by Gasteiger charge is -2.09. The number of aryl methyl sites for hydroxylation is 1. The molecule has 1 unspecified atom stereocenters. The van der Waals surface area contributed by atoms with Crippen LogP contribution in [-0.2, 0) is 6.42 Å². The standard InChI is InChI=1S/C14H15N3O3S/c1-7-15-14(17-16-7)21-12-5-8-4-10(19-2)11(20-3)6-9(8)13(12)18/h4,6,12H,5H2,1-3H3,(H,15,16,17). The first-order valence-corrected chi connectivity index (χ1v) is 7.35. The van der Waals surface area contributed by atoms with E-state index in [-0.39, 0.29) is 11.0 Å². The molecule has 0 saturated heterocycles. The minimum absolute atomic E-state index is 0.0819. The van der Waals surface area contributed by atoms with Crippen molar-refractivity contribution in [2.75, 3.05) is 14.2 Å². The molecule has 1 aliphatic rings. The molecule has 7 heteroatoms. The number of aromatic nitrogens is 3. The van der Waals surface area contributed by atoms with E-state index in [9.17, 15) is 4.79 Å². The average Bonchev–Trinajstić information content (AvgIpc) is 3.02. The van der Waals surface area contributed by atoms with Crippen molar-refractivity contribution in [1.29, 1.82) is 0 Å². The van der Waals surface area contributed by atoms with Crippen molar-refractivity contribution in [3.8, 4) is 11.5 Å². The second-order valence-electron chi connectivity index (χ2n) is 4.74. The molecule has 0 saturated carbocycles. The maximum Gasteiger partial charge on any atom is 0.209 e. The van der Waals surface area contributed by atoms with Gasteiger partial charge in [-0.05, 0) is 31.0 Å². The number of nitrogens with zero attached hydrogens (tertiary/aromatic N) is 2. The van der Waals surface area contributed by atoms with Crippen LogP contribution in [0.3, 0.4) is 0 Å². The van der Waals surface area contributed by atoms with Gasteiger partial charge in [0.1, 0.15) is 5.82 Å². The molecule has 21 heavy (non-hydrogen) atoms. The molecule has 1 aromatic heterocycles. The van der Waals surface area contributed by atoms with Crippen LogP contribution in [0.4, 0.5) is 0 Å².